The number of rotatable bonds is 4. The second-order valence-corrected chi connectivity index (χ2v) is 6.41. The number of para-hydroxylation sites is 1. The fourth-order valence-corrected chi connectivity index (χ4v) is 3.32. The molecule has 5 nitrogen and oxygen atoms in total. The molecule has 0 saturated carbocycles. The molecule has 1 saturated heterocycles. The quantitative estimate of drug-likeness (QED) is 0.826. The number of ether oxygens (including phenoxy) is 1. The highest BCUT2D eigenvalue weighted by Gasteiger charge is 2.28. The van der Waals surface area contributed by atoms with Crippen LogP contribution in [0, 0.1) is 0 Å². The van der Waals surface area contributed by atoms with E-state index in [0.29, 0.717) is 13.2 Å². The van der Waals surface area contributed by atoms with Gasteiger partial charge >= 0.3 is 0 Å². The van der Waals surface area contributed by atoms with Crippen molar-refractivity contribution in [2.24, 2.45) is 0 Å². The summed E-state index contributed by atoms with van der Waals surface area (Å²) < 4.78 is 5.77. The summed E-state index contributed by atoms with van der Waals surface area (Å²) in [5.74, 6) is 0.204. The lowest BCUT2D eigenvalue weighted by Gasteiger charge is -2.34. The topological polar surface area (TPSA) is 36.0 Å². The fourth-order valence-electron chi connectivity index (χ4n) is 3.32. The highest BCUT2D eigenvalue weighted by atomic mass is 16.5. The van der Waals surface area contributed by atoms with E-state index in [1.54, 1.807) is 0 Å². The van der Waals surface area contributed by atoms with Crippen molar-refractivity contribution in [1.82, 2.24) is 9.80 Å². The van der Waals surface area contributed by atoms with Gasteiger partial charge in [-0.15, -0.1) is 0 Å². The highest BCUT2D eigenvalue weighted by Crippen LogP contribution is 2.27. The van der Waals surface area contributed by atoms with Gasteiger partial charge in [0, 0.05) is 31.9 Å². The van der Waals surface area contributed by atoms with Crippen molar-refractivity contribution in [1.29, 1.82) is 0 Å². The van der Waals surface area contributed by atoms with Crippen LogP contribution < -0.4 is 4.90 Å². The Labute approximate surface area is 132 Å². The van der Waals surface area contributed by atoms with E-state index >= 15 is 0 Å². The molecule has 0 radical (unpaired) electrons. The van der Waals surface area contributed by atoms with Gasteiger partial charge in [0.05, 0.1) is 19.3 Å². The molecule has 3 rings (SSSR count). The standard InChI is InChI=1S/C17H25N3O2/c1-18(2)11-15-12-19(9-10-22-15)13-17(21)20-8-7-14-5-3-4-6-16(14)20/h3-6,15H,7-13H2,1-2H3/t15-/m0/s1. The number of nitrogens with zero attached hydrogens (tertiary/aromatic N) is 3. The van der Waals surface area contributed by atoms with Crippen LogP contribution in [0.4, 0.5) is 5.69 Å². The Hall–Kier alpha value is -1.43. The second-order valence-electron chi connectivity index (χ2n) is 6.41. The van der Waals surface area contributed by atoms with E-state index in [1.807, 2.05) is 23.1 Å². The zero-order valence-electron chi connectivity index (χ0n) is 13.5. The van der Waals surface area contributed by atoms with Gasteiger partial charge in [-0.3, -0.25) is 9.69 Å². The summed E-state index contributed by atoms with van der Waals surface area (Å²) in [4.78, 5) is 18.9. The molecule has 0 N–H and O–H groups in total. The van der Waals surface area contributed by atoms with Gasteiger partial charge in [-0.1, -0.05) is 18.2 Å². The molecule has 2 aliphatic rings. The maximum absolute atomic E-state index is 12.6. The number of hydrogen-bond donors (Lipinski definition) is 0. The molecular formula is C17H25N3O2. The van der Waals surface area contributed by atoms with Gasteiger partial charge in [-0.2, -0.15) is 0 Å². The lowest BCUT2D eigenvalue weighted by Crippen LogP contribution is -2.50. The number of carbonyl (C=O) groups is 1. The minimum absolute atomic E-state index is 0.197. The first-order chi connectivity index (χ1) is 10.6. The fraction of sp³-hybridized carbons (Fsp3) is 0.588. The lowest BCUT2D eigenvalue weighted by atomic mass is 10.2. The molecule has 0 spiro atoms. The molecule has 0 aromatic heterocycles. The van der Waals surface area contributed by atoms with Crippen LogP contribution in [0.1, 0.15) is 5.56 Å². The number of likely N-dealkylation sites (N-methyl/N-ethyl adjacent to an activating group) is 1. The summed E-state index contributed by atoms with van der Waals surface area (Å²) in [7, 11) is 4.10. The average Bonchev–Trinajstić information content (AvgIpc) is 2.91. The molecule has 1 aromatic rings. The van der Waals surface area contributed by atoms with Gasteiger partial charge in [0.2, 0.25) is 5.91 Å². The summed E-state index contributed by atoms with van der Waals surface area (Å²) in [6, 6.07) is 8.21. The molecule has 2 aliphatic heterocycles. The van der Waals surface area contributed by atoms with Gasteiger partial charge in [-0.05, 0) is 32.1 Å². The van der Waals surface area contributed by atoms with Crippen LogP contribution in [0.25, 0.3) is 0 Å². The number of hydrogen-bond acceptors (Lipinski definition) is 4. The predicted octanol–water partition coefficient (Wildman–Crippen LogP) is 0.838. The van der Waals surface area contributed by atoms with Crippen LogP contribution in [-0.2, 0) is 16.0 Å². The van der Waals surface area contributed by atoms with Crippen molar-refractivity contribution in [2.75, 3.05) is 58.3 Å². The summed E-state index contributed by atoms with van der Waals surface area (Å²) in [5, 5.41) is 0. The zero-order chi connectivity index (χ0) is 15.5. The maximum atomic E-state index is 12.6. The summed E-state index contributed by atoms with van der Waals surface area (Å²) in [6.45, 7) is 4.58. The number of morpholine rings is 1. The lowest BCUT2D eigenvalue weighted by molar-refractivity contribution is -0.121. The number of amides is 1. The van der Waals surface area contributed by atoms with Crippen molar-refractivity contribution in [3.63, 3.8) is 0 Å². The van der Waals surface area contributed by atoms with E-state index in [-0.39, 0.29) is 12.0 Å². The molecule has 0 aliphatic carbocycles. The first-order valence-electron chi connectivity index (χ1n) is 8.00. The predicted molar refractivity (Wildman–Crippen MR) is 87.2 cm³/mol. The van der Waals surface area contributed by atoms with Gasteiger partial charge < -0.3 is 14.5 Å². The van der Waals surface area contributed by atoms with Crippen LogP contribution in [0.15, 0.2) is 24.3 Å². The number of benzene rings is 1. The molecule has 120 valence electrons. The van der Waals surface area contributed by atoms with E-state index in [2.05, 4.69) is 30.0 Å². The van der Waals surface area contributed by atoms with E-state index in [9.17, 15) is 4.79 Å². The summed E-state index contributed by atoms with van der Waals surface area (Å²) in [6.07, 6.45) is 1.16. The Morgan fingerprint density at radius 1 is 1.32 bits per heavy atom. The molecule has 0 unspecified atom stereocenters. The van der Waals surface area contributed by atoms with E-state index in [4.69, 9.17) is 4.74 Å². The second kappa shape index (κ2) is 6.77. The van der Waals surface area contributed by atoms with Crippen molar-refractivity contribution >= 4 is 11.6 Å². The molecule has 1 amide bonds. The number of carbonyl (C=O) groups excluding carboxylic acids is 1. The van der Waals surface area contributed by atoms with Crippen molar-refractivity contribution in [3.05, 3.63) is 29.8 Å². The van der Waals surface area contributed by atoms with Crippen LogP contribution >= 0.6 is 0 Å². The molecule has 5 heteroatoms. The van der Waals surface area contributed by atoms with E-state index < -0.39 is 0 Å². The Kier molecular flexibility index (Phi) is 4.76. The Balaban J connectivity index is 1.58. The number of anilines is 1. The van der Waals surface area contributed by atoms with Gasteiger partial charge in [0.15, 0.2) is 0 Å². The van der Waals surface area contributed by atoms with Crippen molar-refractivity contribution < 1.29 is 9.53 Å². The molecular weight excluding hydrogens is 278 g/mol. The third kappa shape index (κ3) is 3.48. The third-order valence-corrected chi connectivity index (χ3v) is 4.34. The first kappa shape index (κ1) is 15.5. The van der Waals surface area contributed by atoms with Crippen LogP contribution in [0.5, 0.6) is 0 Å². The minimum atomic E-state index is 0.197. The van der Waals surface area contributed by atoms with Crippen molar-refractivity contribution in [2.45, 2.75) is 12.5 Å². The molecule has 22 heavy (non-hydrogen) atoms. The minimum Gasteiger partial charge on any atom is -0.374 e. The monoisotopic (exact) mass is 303 g/mol. The molecule has 1 atom stereocenters. The SMILES string of the molecule is CN(C)C[C@H]1CN(CC(=O)N2CCc3ccccc32)CCO1. The Bertz CT molecular complexity index is 532. The average molecular weight is 303 g/mol. The summed E-state index contributed by atoms with van der Waals surface area (Å²) in [5.41, 5.74) is 2.37. The van der Waals surface area contributed by atoms with Crippen LogP contribution in [0.3, 0.4) is 0 Å². The van der Waals surface area contributed by atoms with Gasteiger partial charge in [-0.25, -0.2) is 0 Å². The van der Waals surface area contributed by atoms with Gasteiger partial charge in [0.25, 0.3) is 0 Å². The molecule has 1 fully saturated rings. The van der Waals surface area contributed by atoms with Crippen LogP contribution in [-0.4, -0.2) is 75.2 Å². The van der Waals surface area contributed by atoms with Gasteiger partial charge in [0.1, 0.15) is 0 Å². The molecule has 2 heterocycles. The van der Waals surface area contributed by atoms with E-state index in [0.717, 1.165) is 38.3 Å². The number of fused-ring (bicyclic) bond motifs is 1. The smallest absolute Gasteiger partial charge is 0.241 e. The Morgan fingerprint density at radius 2 is 2.14 bits per heavy atom. The normalized spacial score (nSPS) is 22.1. The summed E-state index contributed by atoms with van der Waals surface area (Å²) >= 11 is 0. The van der Waals surface area contributed by atoms with Crippen molar-refractivity contribution in [3.8, 4) is 0 Å². The molecule has 1 aromatic carbocycles. The maximum Gasteiger partial charge on any atom is 0.241 e. The largest absolute Gasteiger partial charge is 0.374 e. The highest BCUT2D eigenvalue weighted by molar-refractivity contribution is 5.96. The Morgan fingerprint density at radius 3 is 2.95 bits per heavy atom. The first-order valence-corrected chi connectivity index (χ1v) is 8.00. The van der Waals surface area contributed by atoms with E-state index in [1.165, 1.54) is 5.56 Å². The zero-order valence-corrected chi connectivity index (χ0v) is 13.5. The molecule has 0 bridgehead atoms. The third-order valence-electron chi connectivity index (χ3n) is 4.34. The van der Waals surface area contributed by atoms with Crippen LogP contribution in [0.2, 0.25) is 0 Å².